The Morgan fingerprint density at radius 3 is 1.96 bits per heavy atom. The van der Waals surface area contributed by atoms with Crippen molar-refractivity contribution in [3.05, 3.63) is 90.8 Å². The fraction of sp³-hybridized carbons (Fsp3) is 0.0455. The van der Waals surface area contributed by atoms with Crippen LogP contribution in [-0.4, -0.2) is 15.0 Å². The van der Waals surface area contributed by atoms with Gasteiger partial charge in [-0.1, -0.05) is 60.7 Å². The second kappa shape index (κ2) is 8.53. The molecule has 0 radical (unpaired) electrons. The van der Waals surface area contributed by atoms with Gasteiger partial charge in [-0.2, -0.15) is 0 Å². The number of hydrogen-bond donors (Lipinski definition) is 1. The van der Waals surface area contributed by atoms with Gasteiger partial charge in [-0.25, -0.2) is 15.0 Å². The Hall–Kier alpha value is -3.53. The summed E-state index contributed by atoms with van der Waals surface area (Å²) in [7, 11) is 0. The molecule has 1 heterocycles. The summed E-state index contributed by atoms with van der Waals surface area (Å²) in [5, 5.41) is 0. The van der Waals surface area contributed by atoms with E-state index in [2.05, 4.69) is 15.0 Å². The fourth-order valence-electron chi connectivity index (χ4n) is 2.33. The predicted molar refractivity (Wildman–Crippen MR) is 108 cm³/mol. The summed E-state index contributed by atoms with van der Waals surface area (Å²) in [5.41, 5.74) is 8.34. The zero-order valence-electron chi connectivity index (χ0n) is 14.6. The molecule has 3 rings (SSSR count). The molecule has 128 valence electrons. The molecular weight excluding hydrogens is 320 g/mol. The maximum atomic E-state index is 5.78. The second-order valence-electron chi connectivity index (χ2n) is 5.60. The third-order valence-corrected chi connectivity index (χ3v) is 3.62. The van der Waals surface area contributed by atoms with Gasteiger partial charge in [0.1, 0.15) is 0 Å². The van der Waals surface area contributed by atoms with E-state index >= 15 is 0 Å². The van der Waals surface area contributed by atoms with Crippen LogP contribution in [0.5, 0.6) is 0 Å². The van der Waals surface area contributed by atoms with Crippen LogP contribution < -0.4 is 5.73 Å². The number of rotatable bonds is 5. The van der Waals surface area contributed by atoms with Crippen LogP contribution >= 0.6 is 0 Å². The van der Waals surface area contributed by atoms with E-state index in [4.69, 9.17) is 5.73 Å². The van der Waals surface area contributed by atoms with Crippen molar-refractivity contribution in [1.82, 2.24) is 15.0 Å². The summed E-state index contributed by atoms with van der Waals surface area (Å²) in [4.78, 5) is 13.8. The van der Waals surface area contributed by atoms with Gasteiger partial charge in [-0.3, -0.25) is 0 Å². The summed E-state index contributed by atoms with van der Waals surface area (Å²) in [6.07, 6.45) is 11.6. The first-order valence-corrected chi connectivity index (χ1v) is 8.40. The number of nitrogens with two attached hydrogens (primary N) is 1. The molecule has 3 aromatic rings. The Balaban J connectivity index is 2.03. The molecule has 0 aliphatic heterocycles. The number of aromatic nitrogens is 3. The highest BCUT2D eigenvalue weighted by atomic mass is 15.0. The topological polar surface area (TPSA) is 64.7 Å². The Labute approximate surface area is 153 Å². The van der Waals surface area contributed by atoms with Crippen molar-refractivity contribution in [3.63, 3.8) is 0 Å². The molecule has 0 fully saturated rings. The van der Waals surface area contributed by atoms with Crippen molar-refractivity contribution < 1.29 is 0 Å². The Bertz CT molecular complexity index is 940. The molecule has 1 aromatic heterocycles. The van der Waals surface area contributed by atoms with Gasteiger partial charge in [0.25, 0.3) is 0 Å². The van der Waals surface area contributed by atoms with Crippen molar-refractivity contribution in [2.45, 2.75) is 6.92 Å². The lowest BCUT2D eigenvalue weighted by Gasteiger charge is -2.06. The van der Waals surface area contributed by atoms with Gasteiger partial charge in [0.15, 0.2) is 17.5 Å². The molecule has 26 heavy (non-hydrogen) atoms. The van der Waals surface area contributed by atoms with Gasteiger partial charge in [0.2, 0.25) is 0 Å². The van der Waals surface area contributed by atoms with Crippen molar-refractivity contribution in [3.8, 4) is 22.8 Å². The van der Waals surface area contributed by atoms with Crippen molar-refractivity contribution in [1.29, 1.82) is 0 Å². The smallest absolute Gasteiger partial charge is 0.164 e. The van der Waals surface area contributed by atoms with Crippen LogP contribution in [0.15, 0.2) is 85.0 Å². The molecule has 4 heteroatoms. The molecule has 0 aliphatic carbocycles. The standard InChI is InChI=1S/C22H20N4/c1-2-3-4-5-9-12-20-24-21(17-10-7-6-8-11-17)26-22(25-20)18-13-15-19(23)16-14-18/h2-16H,23H2,1H3/b3-2-,5-4-,12-9+. The Morgan fingerprint density at radius 2 is 1.31 bits per heavy atom. The van der Waals surface area contributed by atoms with Crippen LogP contribution in [0.1, 0.15) is 12.7 Å². The van der Waals surface area contributed by atoms with Gasteiger partial charge in [-0.05, 0) is 37.3 Å². The van der Waals surface area contributed by atoms with Crippen LogP contribution in [-0.2, 0) is 0 Å². The van der Waals surface area contributed by atoms with E-state index in [1.807, 2.05) is 98.0 Å². The lowest BCUT2D eigenvalue weighted by molar-refractivity contribution is 1.04. The molecule has 4 nitrogen and oxygen atoms in total. The molecule has 2 aromatic carbocycles. The van der Waals surface area contributed by atoms with Gasteiger partial charge in [0, 0.05) is 16.8 Å². The summed E-state index contributed by atoms with van der Waals surface area (Å²) in [6.45, 7) is 1.98. The normalized spacial score (nSPS) is 11.7. The van der Waals surface area contributed by atoms with Crippen LogP contribution in [0, 0.1) is 0 Å². The number of allylic oxidation sites excluding steroid dienone is 5. The SMILES string of the molecule is C\C=C/C=C\C=C\c1nc(-c2ccccc2)nc(-c2ccc(N)cc2)n1. The molecule has 0 atom stereocenters. The Morgan fingerprint density at radius 1 is 0.692 bits per heavy atom. The van der Waals surface area contributed by atoms with Crippen LogP contribution in [0.2, 0.25) is 0 Å². The molecule has 0 saturated carbocycles. The van der Waals surface area contributed by atoms with Gasteiger partial charge in [0.05, 0.1) is 0 Å². The average molecular weight is 340 g/mol. The van der Waals surface area contributed by atoms with E-state index < -0.39 is 0 Å². The van der Waals surface area contributed by atoms with E-state index in [9.17, 15) is 0 Å². The highest BCUT2D eigenvalue weighted by Gasteiger charge is 2.08. The zero-order chi connectivity index (χ0) is 18.2. The largest absolute Gasteiger partial charge is 0.399 e. The first-order chi connectivity index (χ1) is 12.8. The average Bonchev–Trinajstić information content (AvgIpc) is 2.69. The number of anilines is 1. The molecular formula is C22H20N4. The van der Waals surface area contributed by atoms with Crippen LogP contribution in [0.4, 0.5) is 5.69 Å². The first-order valence-electron chi connectivity index (χ1n) is 8.40. The summed E-state index contributed by atoms with van der Waals surface area (Å²) < 4.78 is 0. The summed E-state index contributed by atoms with van der Waals surface area (Å²) in [6, 6.07) is 17.4. The van der Waals surface area contributed by atoms with E-state index in [-0.39, 0.29) is 0 Å². The molecule has 2 N–H and O–H groups in total. The van der Waals surface area contributed by atoms with Crippen molar-refractivity contribution >= 4 is 11.8 Å². The number of nitrogens with zero attached hydrogens (tertiary/aromatic N) is 3. The number of benzene rings is 2. The highest BCUT2D eigenvalue weighted by Crippen LogP contribution is 2.21. The van der Waals surface area contributed by atoms with E-state index in [0.29, 0.717) is 23.2 Å². The first kappa shape index (κ1) is 17.3. The molecule has 0 saturated heterocycles. The quantitative estimate of drug-likeness (QED) is 0.528. The van der Waals surface area contributed by atoms with E-state index in [0.717, 1.165) is 11.1 Å². The maximum absolute atomic E-state index is 5.78. The number of nitrogen functional groups attached to an aromatic ring is 1. The molecule has 0 amide bonds. The Kier molecular flexibility index (Phi) is 5.68. The van der Waals surface area contributed by atoms with Gasteiger partial charge in [-0.15, -0.1) is 0 Å². The third kappa shape index (κ3) is 4.51. The molecule has 0 spiro atoms. The number of hydrogen-bond acceptors (Lipinski definition) is 4. The van der Waals surface area contributed by atoms with Crippen molar-refractivity contribution in [2.24, 2.45) is 0 Å². The van der Waals surface area contributed by atoms with E-state index in [1.165, 1.54) is 0 Å². The minimum atomic E-state index is 0.607. The minimum Gasteiger partial charge on any atom is -0.399 e. The van der Waals surface area contributed by atoms with Crippen LogP contribution in [0.3, 0.4) is 0 Å². The fourth-order valence-corrected chi connectivity index (χ4v) is 2.33. The molecule has 0 unspecified atom stereocenters. The molecule has 0 bridgehead atoms. The van der Waals surface area contributed by atoms with Gasteiger partial charge >= 0.3 is 0 Å². The second-order valence-corrected chi connectivity index (χ2v) is 5.60. The maximum Gasteiger partial charge on any atom is 0.164 e. The monoisotopic (exact) mass is 340 g/mol. The predicted octanol–water partition coefficient (Wildman–Crippen LogP) is 4.93. The minimum absolute atomic E-state index is 0.607. The summed E-state index contributed by atoms with van der Waals surface area (Å²) in [5.74, 6) is 1.87. The lowest BCUT2D eigenvalue weighted by Crippen LogP contribution is -1.99. The van der Waals surface area contributed by atoms with E-state index in [1.54, 1.807) is 0 Å². The molecule has 0 aliphatic rings. The van der Waals surface area contributed by atoms with Crippen LogP contribution in [0.25, 0.3) is 28.9 Å². The lowest BCUT2D eigenvalue weighted by atomic mass is 10.2. The van der Waals surface area contributed by atoms with Crippen molar-refractivity contribution in [2.75, 3.05) is 5.73 Å². The van der Waals surface area contributed by atoms with Gasteiger partial charge < -0.3 is 5.73 Å². The third-order valence-electron chi connectivity index (χ3n) is 3.62. The summed E-state index contributed by atoms with van der Waals surface area (Å²) >= 11 is 0. The zero-order valence-corrected chi connectivity index (χ0v) is 14.6. The highest BCUT2D eigenvalue weighted by molar-refractivity contribution is 5.64.